The highest BCUT2D eigenvalue weighted by Gasteiger charge is 2.50. The van der Waals surface area contributed by atoms with Crippen molar-refractivity contribution in [1.29, 1.82) is 0 Å². The summed E-state index contributed by atoms with van der Waals surface area (Å²) in [7, 11) is 0. The van der Waals surface area contributed by atoms with Crippen molar-refractivity contribution in [2.75, 3.05) is 31.1 Å². The number of fused-ring (bicyclic) bond motifs is 1. The van der Waals surface area contributed by atoms with Gasteiger partial charge in [-0.2, -0.15) is 4.98 Å². The van der Waals surface area contributed by atoms with Crippen molar-refractivity contribution in [1.82, 2.24) is 15.3 Å². The Kier molecular flexibility index (Phi) is 3.09. The van der Waals surface area contributed by atoms with Crippen LogP contribution in [0.15, 0.2) is 12.4 Å². The summed E-state index contributed by atoms with van der Waals surface area (Å²) >= 11 is 0. The number of hydrogen-bond donors (Lipinski definition) is 1. The Hall–Kier alpha value is -1.36. The minimum atomic E-state index is 0.119. The zero-order valence-corrected chi connectivity index (χ0v) is 11.9. The summed E-state index contributed by atoms with van der Waals surface area (Å²) in [5, 5.41) is 3.50. The molecule has 19 heavy (non-hydrogen) atoms. The average Bonchev–Trinajstić information content (AvgIpc) is 2.93. The van der Waals surface area contributed by atoms with Gasteiger partial charge in [0.1, 0.15) is 0 Å². The lowest BCUT2D eigenvalue weighted by Gasteiger charge is -2.36. The molecule has 2 aliphatic rings. The molecule has 0 aromatic carbocycles. The van der Waals surface area contributed by atoms with Crippen LogP contribution in [0.3, 0.4) is 0 Å². The summed E-state index contributed by atoms with van der Waals surface area (Å²) in [6.07, 6.45) is 3.53. The maximum Gasteiger partial charge on any atom is 0.234 e. The molecule has 5 nitrogen and oxygen atoms in total. The van der Waals surface area contributed by atoms with Crippen LogP contribution in [0.4, 0.5) is 5.82 Å². The van der Waals surface area contributed by atoms with Gasteiger partial charge in [0.2, 0.25) is 5.88 Å². The van der Waals surface area contributed by atoms with Crippen molar-refractivity contribution in [3.05, 3.63) is 12.4 Å². The summed E-state index contributed by atoms with van der Waals surface area (Å²) in [5.41, 5.74) is 0.119. The molecule has 2 atom stereocenters. The number of aromatic nitrogens is 2. The van der Waals surface area contributed by atoms with Gasteiger partial charge in [0, 0.05) is 25.2 Å². The van der Waals surface area contributed by atoms with Crippen molar-refractivity contribution in [3.8, 4) is 5.88 Å². The molecule has 1 aromatic heterocycles. The van der Waals surface area contributed by atoms with Gasteiger partial charge in [0.05, 0.1) is 19.0 Å². The van der Waals surface area contributed by atoms with Crippen LogP contribution in [-0.4, -0.2) is 41.7 Å². The second kappa shape index (κ2) is 4.63. The van der Waals surface area contributed by atoms with Crippen molar-refractivity contribution in [2.24, 2.45) is 11.8 Å². The third-order valence-corrected chi connectivity index (χ3v) is 4.53. The van der Waals surface area contributed by atoms with E-state index in [4.69, 9.17) is 4.74 Å². The highest BCUT2D eigenvalue weighted by atomic mass is 16.5. The van der Waals surface area contributed by atoms with Crippen LogP contribution in [0.25, 0.3) is 0 Å². The molecule has 104 valence electrons. The fraction of sp³-hybridized carbons (Fsp3) is 0.714. The number of nitrogens with one attached hydrogen (secondary N) is 1. The topological polar surface area (TPSA) is 50.3 Å². The molecular weight excluding hydrogens is 240 g/mol. The van der Waals surface area contributed by atoms with E-state index in [2.05, 4.69) is 34.0 Å². The molecule has 2 aliphatic heterocycles. The molecule has 1 aromatic rings. The minimum absolute atomic E-state index is 0.119. The zero-order chi connectivity index (χ0) is 13.5. The lowest BCUT2D eigenvalue weighted by atomic mass is 9.85. The number of ether oxygens (including phenoxy) is 1. The van der Waals surface area contributed by atoms with E-state index >= 15 is 0 Å². The van der Waals surface area contributed by atoms with Gasteiger partial charge in [-0.05, 0) is 32.6 Å². The van der Waals surface area contributed by atoms with Gasteiger partial charge >= 0.3 is 0 Å². The van der Waals surface area contributed by atoms with E-state index in [-0.39, 0.29) is 5.54 Å². The minimum Gasteiger partial charge on any atom is -0.477 e. The second-order valence-corrected chi connectivity index (χ2v) is 5.94. The standard InChI is InChI=1S/C14H22N4O/c1-4-19-13-8-16-7-12(17-13)18-9-10-5-15-6-11(10)14(18,2)3/h7-8,10-11,15H,4-6,9H2,1-3H3. The SMILES string of the molecule is CCOc1cncc(N2CC3CNCC3C2(C)C)n1. The van der Waals surface area contributed by atoms with Crippen molar-refractivity contribution in [2.45, 2.75) is 26.3 Å². The van der Waals surface area contributed by atoms with Gasteiger partial charge in [-0.25, -0.2) is 0 Å². The molecule has 0 amide bonds. The Labute approximate surface area is 114 Å². The summed E-state index contributed by atoms with van der Waals surface area (Å²) < 4.78 is 5.46. The molecule has 0 radical (unpaired) electrons. The van der Waals surface area contributed by atoms with E-state index in [0.29, 0.717) is 24.3 Å². The summed E-state index contributed by atoms with van der Waals surface area (Å²) in [4.78, 5) is 11.2. The first-order valence-electron chi connectivity index (χ1n) is 7.06. The summed E-state index contributed by atoms with van der Waals surface area (Å²) in [6, 6.07) is 0. The molecule has 2 unspecified atom stereocenters. The van der Waals surface area contributed by atoms with Gasteiger partial charge < -0.3 is 15.0 Å². The maximum atomic E-state index is 5.46. The fourth-order valence-corrected chi connectivity index (χ4v) is 3.50. The predicted molar refractivity (Wildman–Crippen MR) is 74.5 cm³/mol. The average molecular weight is 262 g/mol. The van der Waals surface area contributed by atoms with Crippen LogP contribution in [-0.2, 0) is 0 Å². The van der Waals surface area contributed by atoms with E-state index in [9.17, 15) is 0 Å². The monoisotopic (exact) mass is 262 g/mol. The molecule has 2 saturated heterocycles. The smallest absolute Gasteiger partial charge is 0.234 e. The van der Waals surface area contributed by atoms with E-state index in [0.717, 1.165) is 25.5 Å². The molecule has 3 rings (SSSR count). The van der Waals surface area contributed by atoms with Crippen molar-refractivity contribution >= 4 is 5.82 Å². The van der Waals surface area contributed by atoms with Crippen molar-refractivity contribution < 1.29 is 4.74 Å². The number of anilines is 1. The van der Waals surface area contributed by atoms with Crippen LogP contribution in [0, 0.1) is 11.8 Å². The molecule has 0 aliphatic carbocycles. The molecule has 0 bridgehead atoms. The lowest BCUT2D eigenvalue weighted by Crippen LogP contribution is -2.45. The van der Waals surface area contributed by atoms with Crippen LogP contribution < -0.4 is 15.0 Å². The highest BCUT2D eigenvalue weighted by Crippen LogP contribution is 2.42. The van der Waals surface area contributed by atoms with Crippen LogP contribution in [0.2, 0.25) is 0 Å². The Balaban J connectivity index is 1.88. The first-order valence-corrected chi connectivity index (χ1v) is 7.06. The van der Waals surface area contributed by atoms with Gasteiger partial charge in [0.25, 0.3) is 0 Å². The van der Waals surface area contributed by atoms with Gasteiger partial charge in [-0.3, -0.25) is 4.98 Å². The number of nitrogens with zero attached hydrogens (tertiary/aromatic N) is 3. The Morgan fingerprint density at radius 3 is 3.00 bits per heavy atom. The largest absolute Gasteiger partial charge is 0.477 e. The first-order chi connectivity index (χ1) is 9.13. The molecular formula is C14H22N4O. The van der Waals surface area contributed by atoms with Crippen molar-refractivity contribution in [3.63, 3.8) is 0 Å². The Morgan fingerprint density at radius 2 is 2.26 bits per heavy atom. The second-order valence-electron chi connectivity index (χ2n) is 5.94. The number of hydrogen-bond acceptors (Lipinski definition) is 5. The predicted octanol–water partition coefficient (Wildman–Crippen LogP) is 1.31. The van der Waals surface area contributed by atoms with Crippen LogP contribution in [0.5, 0.6) is 5.88 Å². The van der Waals surface area contributed by atoms with E-state index in [1.54, 1.807) is 6.20 Å². The normalized spacial score (nSPS) is 28.5. The molecule has 2 fully saturated rings. The Bertz CT molecular complexity index is 463. The fourth-order valence-electron chi connectivity index (χ4n) is 3.50. The van der Waals surface area contributed by atoms with E-state index in [1.165, 1.54) is 0 Å². The van der Waals surface area contributed by atoms with Gasteiger partial charge in [0.15, 0.2) is 5.82 Å². The molecule has 1 N–H and O–H groups in total. The highest BCUT2D eigenvalue weighted by molar-refractivity contribution is 5.44. The van der Waals surface area contributed by atoms with Crippen LogP contribution in [0.1, 0.15) is 20.8 Å². The van der Waals surface area contributed by atoms with Crippen LogP contribution >= 0.6 is 0 Å². The van der Waals surface area contributed by atoms with Gasteiger partial charge in [-0.1, -0.05) is 0 Å². The third-order valence-electron chi connectivity index (χ3n) is 4.53. The Morgan fingerprint density at radius 1 is 1.42 bits per heavy atom. The van der Waals surface area contributed by atoms with E-state index < -0.39 is 0 Å². The third kappa shape index (κ3) is 2.06. The molecule has 5 heteroatoms. The number of rotatable bonds is 3. The quantitative estimate of drug-likeness (QED) is 0.890. The van der Waals surface area contributed by atoms with E-state index in [1.807, 2.05) is 13.1 Å². The molecule has 3 heterocycles. The summed E-state index contributed by atoms with van der Waals surface area (Å²) in [6.45, 7) is 10.5. The zero-order valence-electron chi connectivity index (χ0n) is 11.9. The first kappa shape index (κ1) is 12.7. The summed E-state index contributed by atoms with van der Waals surface area (Å²) in [5.74, 6) is 2.95. The molecule has 0 spiro atoms. The van der Waals surface area contributed by atoms with Gasteiger partial charge in [-0.15, -0.1) is 0 Å². The molecule has 0 saturated carbocycles. The maximum absolute atomic E-state index is 5.46. The lowest BCUT2D eigenvalue weighted by molar-refractivity contribution is 0.323.